The lowest BCUT2D eigenvalue weighted by atomic mass is 10.1. The summed E-state index contributed by atoms with van der Waals surface area (Å²) in [5, 5.41) is 0. The van der Waals surface area contributed by atoms with Crippen LogP contribution in [0.3, 0.4) is 0 Å². The first-order valence-electron chi connectivity index (χ1n) is 5.73. The molecule has 1 aromatic heterocycles. The van der Waals surface area contributed by atoms with Gasteiger partial charge in [0.05, 0.1) is 17.6 Å². The Hall–Kier alpha value is -1.70. The Morgan fingerprint density at radius 3 is 2.12 bits per heavy atom. The van der Waals surface area contributed by atoms with Crippen LogP contribution in [0.1, 0.15) is 25.1 Å². The maximum absolute atomic E-state index is 4.41. The highest BCUT2D eigenvalue weighted by molar-refractivity contribution is 5.58. The minimum absolute atomic E-state index is 0.933. The van der Waals surface area contributed by atoms with Gasteiger partial charge in [-0.3, -0.25) is 9.97 Å². The summed E-state index contributed by atoms with van der Waals surface area (Å²) in [6.45, 7) is 4.24. The molecule has 2 heteroatoms. The van der Waals surface area contributed by atoms with Crippen molar-refractivity contribution in [2.75, 3.05) is 0 Å². The van der Waals surface area contributed by atoms with Crippen LogP contribution in [-0.4, -0.2) is 9.97 Å². The van der Waals surface area contributed by atoms with E-state index >= 15 is 0 Å². The molecular weight excluding hydrogens is 196 g/mol. The van der Waals surface area contributed by atoms with E-state index in [0.29, 0.717) is 0 Å². The summed E-state index contributed by atoms with van der Waals surface area (Å²) < 4.78 is 0. The molecule has 0 aliphatic heterocycles. The van der Waals surface area contributed by atoms with E-state index in [1.165, 1.54) is 5.56 Å². The van der Waals surface area contributed by atoms with E-state index in [2.05, 4.69) is 48.1 Å². The Morgan fingerprint density at radius 2 is 1.62 bits per heavy atom. The molecule has 1 aromatic carbocycles. The second-order valence-corrected chi connectivity index (χ2v) is 3.80. The topological polar surface area (TPSA) is 25.8 Å². The largest absolute Gasteiger partial charge is 0.257 e. The molecule has 1 heterocycles. The number of rotatable bonds is 3. The van der Waals surface area contributed by atoms with Crippen LogP contribution in [-0.2, 0) is 12.8 Å². The lowest BCUT2D eigenvalue weighted by molar-refractivity contribution is 1.00. The van der Waals surface area contributed by atoms with Crippen LogP contribution in [0.5, 0.6) is 0 Å². The minimum Gasteiger partial charge on any atom is -0.257 e. The van der Waals surface area contributed by atoms with Crippen molar-refractivity contribution in [2.24, 2.45) is 0 Å². The summed E-state index contributed by atoms with van der Waals surface area (Å²) in [5.74, 6) is 0. The maximum atomic E-state index is 4.41. The van der Waals surface area contributed by atoms with Gasteiger partial charge in [-0.1, -0.05) is 38.1 Å². The van der Waals surface area contributed by atoms with Gasteiger partial charge >= 0.3 is 0 Å². The fourth-order valence-electron chi connectivity index (χ4n) is 1.60. The van der Waals surface area contributed by atoms with Crippen LogP contribution >= 0.6 is 0 Å². The van der Waals surface area contributed by atoms with E-state index < -0.39 is 0 Å². The van der Waals surface area contributed by atoms with Crippen molar-refractivity contribution in [3.63, 3.8) is 0 Å². The molecule has 0 radical (unpaired) electrons. The lowest BCUT2D eigenvalue weighted by Gasteiger charge is -2.02. The molecule has 0 aliphatic rings. The van der Waals surface area contributed by atoms with Gasteiger partial charge in [-0.05, 0) is 18.4 Å². The molecule has 0 saturated heterocycles. The molecule has 0 unspecified atom stereocenters. The van der Waals surface area contributed by atoms with Gasteiger partial charge in [-0.25, -0.2) is 0 Å². The third kappa shape index (κ3) is 2.27. The molecule has 2 nitrogen and oxygen atoms in total. The van der Waals surface area contributed by atoms with Gasteiger partial charge in [0.25, 0.3) is 0 Å². The first kappa shape index (κ1) is 10.8. The molecule has 0 atom stereocenters. The van der Waals surface area contributed by atoms with Crippen molar-refractivity contribution in [1.82, 2.24) is 9.97 Å². The summed E-state index contributed by atoms with van der Waals surface area (Å²) in [7, 11) is 0. The van der Waals surface area contributed by atoms with Gasteiger partial charge in [0.2, 0.25) is 0 Å². The van der Waals surface area contributed by atoms with Crippen molar-refractivity contribution in [3.8, 4) is 11.3 Å². The van der Waals surface area contributed by atoms with Gasteiger partial charge in [0.1, 0.15) is 0 Å². The molecule has 0 N–H and O–H groups in total. The molecular formula is C14H16N2. The second kappa shape index (κ2) is 4.88. The Kier molecular flexibility index (Phi) is 3.30. The van der Waals surface area contributed by atoms with Gasteiger partial charge < -0.3 is 0 Å². The maximum Gasteiger partial charge on any atom is 0.0885 e. The molecule has 0 aliphatic carbocycles. The van der Waals surface area contributed by atoms with Crippen molar-refractivity contribution in [2.45, 2.75) is 26.7 Å². The number of aromatic nitrogens is 2. The number of nitrogens with zero attached hydrogens (tertiary/aromatic N) is 2. The predicted molar refractivity (Wildman–Crippen MR) is 66.2 cm³/mol. The summed E-state index contributed by atoms with van der Waals surface area (Å²) in [6, 6.07) is 8.50. The van der Waals surface area contributed by atoms with Gasteiger partial charge in [0.15, 0.2) is 0 Å². The number of benzene rings is 1. The van der Waals surface area contributed by atoms with Crippen LogP contribution in [0.25, 0.3) is 11.3 Å². The fourth-order valence-corrected chi connectivity index (χ4v) is 1.60. The zero-order valence-electron chi connectivity index (χ0n) is 9.77. The molecule has 2 rings (SSSR count). The molecule has 0 spiro atoms. The highest BCUT2D eigenvalue weighted by Gasteiger charge is 1.99. The monoisotopic (exact) mass is 212 g/mol. The smallest absolute Gasteiger partial charge is 0.0885 e. The van der Waals surface area contributed by atoms with E-state index in [4.69, 9.17) is 0 Å². The van der Waals surface area contributed by atoms with E-state index in [-0.39, 0.29) is 0 Å². The SMILES string of the molecule is CCc1ccc(-c2cnc(CC)cn2)cc1. The lowest BCUT2D eigenvalue weighted by Crippen LogP contribution is -1.91. The second-order valence-electron chi connectivity index (χ2n) is 3.80. The summed E-state index contributed by atoms with van der Waals surface area (Å²) in [6.07, 6.45) is 5.70. The predicted octanol–water partition coefficient (Wildman–Crippen LogP) is 3.27. The van der Waals surface area contributed by atoms with E-state index in [0.717, 1.165) is 29.8 Å². The standard InChI is InChI=1S/C14H16N2/c1-3-11-5-7-12(8-6-11)14-10-15-13(4-2)9-16-14/h5-10H,3-4H2,1-2H3. The number of hydrogen-bond donors (Lipinski definition) is 0. The Bertz CT molecular complexity index is 398. The molecule has 0 saturated carbocycles. The molecule has 16 heavy (non-hydrogen) atoms. The Balaban J connectivity index is 2.28. The summed E-state index contributed by atoms with van der Waals surface area (Å²) >= 11 is 0. The molecule has 82 valence electrons. The zero-order valence-corrected chi connectivity index (χ0v) is 9.77. The molecule has 0 bridgehead atoms. The Morgan fingerprint density at radius 1 is 0.875 bits per heavy atom. The fraction of sp³-hybridized carbons (Fsp3) is 0.286. The van der Waals surface area contributed by atoms with Crippen molar-refractivity contribution in [1.29, 1.82) is 0 Å². The molecule has 0 amide bonds. The zero-order chi connectivity index (χ0) is 11.4. The quantitative estimate of drug-likeness (QED) is 0.780. The van der Waals surface area contributed by atoms with Crippen LogP contribution < -0.4 is 0 Å². The highest BCUT2D eigenvalue weighted by atomic mass is 14.8. The van der Waals surface area contributed by atoms with E-state index in [1.54, 1.807) is 0 Å². The average Bonchev–Trinajstić information content (AvgIpc) is 2.39. The van der Waals surface area contributed by atoms with Gasteiger partial charge in [-0.15, -0.1) is 0 Å². The number of aryl methyl sites for hydroxylation is 2. The van der Waals surface area contributed by atoms with Crippen molar-refractivity contribution < 1.29 is 0 Å². The Labute approximate surface area is 96.4 Å². The normalized spacial score (nSPS) is 10.4. The van der Waals surface area contributed by atoms with Crippen molar-refractivity contribution in [3.05, 3.63) is 47.9 Å². The van der Waals surface area contributed by atoms with E-state index in [9.17, 15) is 0 Å². The molecule has 0 fully saturated rings. The van der Waals surface area contributed by atoms with Gasteiger partial charge in [0, 0.05) is 11.8 Å². The molecule has 2 aromatic rings. The number of hydrogen-bond acceptors (Lipinski definition) is 2. The third-order valence-electron chi connectivity index (χ3n) is 2.73. The minimum atomic E-state index is 0.933. The van der Waals surface area contributed by atoms with Crippen LogP contribution in [0.15, 0.2) is 36.7 Å². The van der Waals surface area contributed by atoms with Crippen LogP contribution in [0.2, 0.25) is 0 Å². The van der Waals surface area contributed by atoms with Crippen LogP contribution in [0, 0.1) is 0 Å². The first-order valence-corrected chi connectivity index (χ1v) is 5.73. The van der Waals surface area contributed by atoms with E-state index in [1.807, 2.05) is 12.4 Å². The first-order chi connectivity index (χ1) is 7.83. The highest BCUT2D eigenvalue weighted by Crippen LogP contribution is 2.16. The summed E-state index contributed by atoms with van der Waals surface area (Å²) in [4.78, 5) is 8.77. The van der Waals surface area contributed by atoms with Crippen molar-refractivity contribution >= 4 is 0 Å². The van der Waals surface area contributed by atoms with Gasteiger partial charge in [-0.2, -0.15) is 0 Å². The summed E-state index contributed by atoms with van der Waals surface area (Å²) in [5.41, 5.74) is 4.46. The van der Waals surface area contributed by atoms with Crippen LogP contribution in [0.4, 0.5) is 0 Å². The average molecular weight is 212 g/mol. The third-order valence-corrected chi connectivity index (χ3v) is 2.73.